The van der Waals surface area contributed by atoms with Gasteiger partial charge in [-0.15, -0.1) is 0 Å². The number of amides is 1. The second kappa shape index (κ2) is 7.82. The van der Waals surface area contributed by atoms with Crippen molar-refractivity contribution < 1.29 is 4.79 Å². The Balaban J connectivity index is 1.71. The number of carbonyl (C=O) groups excluding carboxylic acids is 1. The molecule has 0 saturated carbocycles. The molecule has 0 unspecified atom stereocenters. The van der Waals surface area contributed by atoms with Crippen LogP contribution in [0.15, 0.2) is 24.3 Å². The molecule has 1 aliphatic heterocycles. The van der Waals surface area contributed by atoms with Crippen molar-refractivity contribution in [2.45, 2.75) is 18.7 Å². The van der Waals surface area contributed by atoms with Crippen LogP contribution in [0.4, 0.5) is 5.69 Å². The van der Waals surface area contributed by atoms with Gasteiger partial charge in [0.2, 0.25) is 5.91 Å². The third-order valence-corrected chi connectivity index (χ3v) is 5.71. The average molecular weight is 296 g/mol. The Morgan fingerprint density at radius 1 is 1.32 bits per heavy atom. The molecule has 3 nitrogen and oxygen atoms in total. The minimum Gasteiger partial charge on any atom is -0.326 e. The lowest BCUT2D eigenvalue weighted by atomic mass is 10.2. The van der Waals surface area contributed by atoms with E-state index in [1.54, 1.807) is 0 Å². The van der Waals surface area contributed by atoms with Crippen LogP contribution in [0.2, 0.25) is 0 Å². The van der Waals surface area contributed by atoms with Gasteiger partial charge < -0.3 is 10.6 Å². The molecule has 1 fully saturated rings. The first-order valence-electron chi connectivity index (χ1n) is 6.50. The molecule has 1 aromatic rings. The van der Waals surface area contributed by atoms with E-state index < -0.39 is 0 Å². The number of carbonyl (C=O) groups is 1. The monoisotopic (exact) mass is 296 g/mol. The van der Waals surface area contributed by atoms with Crippen molar-refractivity contribution in [2.75, 3.05) is 29.1 Å². The third kappa shape index (κ3) is 5.47. The van der Waals surface area contributed by atoms with Crippen molar-refractivity contribution in [3.8, 4) is 0 Å². The van der Waals surface area contributed by atoms with Gasteiger partial charge >= 0.3 is 0 Å². The Morgan fingerprint density at radius 3 is 2.74 bits per heavy atom. The summed E-state index contributed by atoms with van der Waals surface area (Å²) < 4.78 is 0. The minimum atomic E-state index is -0.0299. The summed E-state index contributed by atoms with van der Waals surface area (Å²) in [4.78, 5) is 10.9. The summed E-state index contributed by atoms with van der Waals surface area (Å²) in [6, 6.07) is 8.01. The maximum Gasteiger partial charge on any atom is 0.221 e. The summed E-state index contributed by atoms with van der Waals surface area (Å²) in [5, 5.41) is 7.03. The van der Waals surface area contributed by atoms with E-state index in [9.17, 15) is 4.79 Å². The minimum absolute atomic E-state index is 0.0299. The fourth-order valence-corrected chi connectivity index (χ4v) is 4.59. The first kappa shape index (κ1) is 14.8. The van der Waals surface area contributed by atoms with Crippen LogP contribution in [-0.2, 0) is 11.3 Å². The van der Waals surface area contributed by atoms with Gasteiger partial charge in [-0.2, -0.15) is 23.5 Å². The summed E-state index contributed by atoms with van der Waals surface area (Å²) in [6.45, 7) is 3.49. The van der Waals surface area contributed by atoms with Gasteiger partial charge in [-0.05, 0) is 17.7 Å². The van der Waals surface area contributed by atoms with E-state index in [1.165, 1.54) is 29.7 Å². The normalized spacial score (nSPS) is 19.1. The van der Waals surface area contributed by atoms with Gasteiger partial charge in [-0.25, -0.2) is 0 Å². The number of nitrogens with one attached hydrogen (secondary N) is 2. The van der Waals surface area contributed by atoms with E-state index in [-0.39, 0.29) is 5.91 Å². The molecule has 1 amide bonds. The first-order chi connectivity index (χ1) is 9.24. The van der Waals surface area contributed by atoms with Crippen molar-refractivity contribution in [2.24, 2.45) is 0 Å². The van der Waals surface area contributed by atoms with E-state index in [2.05, 4.69) is 46.3 Å². The zero-order valence-electron chi connectivity index (χ0n) is 11.1. The molecule has 1 aliphatic rings. The van der Waals surface area contributed by atoms with Gasteiger partial charge in [-0.1, -0.05) is 12.1 Å². The highest BCUT2D eigenvalue weighted by Gasteiger charge is 2.13. The molecule has 0 radical (unpaired) electrons. The standard InChI is InChI=1S/C14H20N2OS2/c1-11(17)16-13-4-2-12(3-5-13)8-15-9-14-10-18-6-7-19-14/h2-5,14-15H,6-10H2,1H3,(H,16,17)/t14-/m1/s1. The predicted molar refractivity (Wildman–Crippen MR) is 86.0 cm³/mol. The summed E-state index contributed by atoms with van der Waals surface area (Å²) >= 11 is 4.13. The summed E-state index contributed by atoms with van der Waals surface area (Å²) in [5.41, 5.74) is 2.11. The molecule has 1 heterocycles. The molecule has 0 spiro atoms. The van der Waals surface area contributed by atoms with Crippen LogP contribution in [0.3, 0.4) is 0 Å². The fraction of sp³-hybridized carbons (Fsp3) is 0.500. The quantitative estimate of drug-likeness (QED) is 0.876. The lowest BCUT2D eigenvalue weighted by molar-refractivity contribution is -0.114. The van der Waals surface area contributed by atoms with Crippen molar-refractivity contribution >= 4 is 35.1 Å². The topological polar surface area (TPSA) is 41.1 Å². The van der Waals surface area contributed by atoms with Crippen molar-refractivity contribution in [3.63, 3.8) is 0 Å². The Labute approximate surface area is 123 Å². The molecule has 0 aliphatic carbocycles. The number of benzene rings is 1. The van der Waals surface area contributed by atoms with Gasteiger partial charge in [-0.3, -0.25) is 4.79 Å². The summed E-state index contributed by atoms with van der Waals surface area (Å²) in [5.74, 6) is 3.81. The molecule has 1 aromatic carbocycles. The van der Waals surface area contributed by atoms with Crippen LogP contribution < -0.4 is 10.6 Å². The van der Waals surface area contributed by atoms with Crippen LogP contribution in [0.1, 0.15) is 12.5 Å². The molecule has 19 heavy (non-hydrogen) atoms. The highest BCUT2D eigenvalue weighted by atomic mass is 32.2. The highest BCUT2D eigenvalue weighted by Crippen LogP contribution is 2.23. The molecule has 5 heteroatoms. The van der Waals surface area contributed by atoms with Crippen LogP contribution in [0.25, 0.3) is 0 Å². The maximum atomic E-state index is 10.9. The van der Waals surface area contributed by atoms with Gasteiger partial charge in [0.1, 0.15) is 0 Å². The van der Waals surface area contributed by atoms with Crippen molar-refractivity contribution in [3.05, 3.63) is 29.8 Å². The molecule has 2 N–H and O–H groups in total. The van der Waals surface area contributed by atoms with Crippen LogP contribution >= 0.6 is 23.5 Å². The Morgan fingerprint density at radius 2 is 2.11 bits per heavy atom. The Kier molecular flexibility index (Phi) is 6.07. The van der Waals surface area contributed by atoms with E-state index in [0.717, 1.165) is 24.0 Å². The van der Waals surface area contributed by atoms with E-state index in [4.69, 9.17) is 0 Å². The smallest absolute Gasteiger partial charge is 0.221 e. The van der Waals surface area contributed by atoms with Crippen LogP contribution in [0.5, 0.6) is 0 Å². The summed E-state index contributed by atoms with van der Waals surface area (Å²) in [6.07, 6.45) is 0. The zero-order chi connectivity index (χ0) is 13.5. The van der Waals surface area contributed by atoms with Crippen molar-refractivity contribution in [1.29, 1.82) is 0 Å². The third-order valence-electron chi connectivity index (χ3n) is 2.86. The van der Waals surface area contributed by atoms with Gasteiger partial charge in [0.25, 0.3) is 0 Å². The van der Waals surface area contributed by atoms with Gasteiger partial charge in [0.15, 0.2) is 0 Å². The molecular weight excluding hydrogens is 276 g/mol. The van der Waals surface area contributed by atoms with Gasteiger partial charge in [0.05, 0.1) is 0 Å². The second-order valence-electron chi connectivity index (χ2n) is 4.58. The molecule has 0 bridgehead atoms. The number of rotatable bonds is 5. The lowest BCUT2D eigenvalue weighted by Gasteiger charge is -2.21. The number of hydrogen-bond donors (Lipinski definition) is 2. The largest absolute Gasteiger partial charge is 0.326 e. The number of hydrogen-bond acceptors (Lipinski definition) is 4. The molecule has 1 saturated heterocycles. The molecule has 2 rings (SSSR count). The van der Waals surface area contributed by atoms with Gasteiger partial charge in [0, 0.05) is 48.2 Å². The number of thioether (sulfide) groups is 2. The zero-order valence-corrected chi connectivity index (χ0v) is 12.8. The fourth-order valence-electron chi connectivity index (χ4n) is 1.94. The second-order valence-corrected chi connectivity index (χ2v) is 7.13. The SMILES string of the molecule is CC(=O)Nc1ccc(CNC[C@@H]2CSCCS2)cc1. The van der Waals surface area contributed by atoms with E-state index in [1.807, 2.05) is 12.1 Å². The Hall–Kier alpha value is -0.650. The van der Waals surface area contributed by atoms with Crippen LogP contribution in [-0.4, -0.2) is 35.0 Å². The number of anilines is 1. The van der Waals surface area contributed by atoms with Crippen LogP contribution in [0, 0.1) is 0 Å². The molecule has 1 atom stereocenters. The van der Waals surface area contributed by atoms with E-state index >= 15 is 0 Å². The summed E-state index contributed by atoms with van der Waals surface area (Å²) in [7, 11) is 0. The molecular formula is C14H20N2OS2. The average Bonchev–Trinajstić information content (AvgIpc) is 2.41. The predicted octanol–water partition coefficient (Wildman–Crippen LogP) is 2.58. The molecule has 0 aromatic heterocycles. The Bertz CT molecular complexity index is 402. The lowest BCUT2D eigenvalue weighted by Crippen LogP contribution is -2.28. The van der Waals surface area contributed by atoms with E-state index in [0.29, 0.717) is 0 Å². The first-order valence-corrected chi connectivity index (χ1v) is 8.71. The van der Waals surface area contributed by atoms with Crippen molar-refractivity contribution in [1.82, 2.24) is 5.32 Å². The maximum absolute atomic E-state index is 10.9. The highest BCUT2D eigenvalue weighted by molar-refractivity contribution is 8.06. The molecule has 104 valence electrons.